The number of benzene rings is 1. The van der Waals surface area contributed by atoms with Gasteiger partial charge in [-0.05, 0) is 37.1 Å². The van der Waals surface area contributed by atoms with Crippen molar-refractivity contribution in [1.82, 2.24) is 15.1 Å². The minimum Gasteiger partial charge on any atom is -0.355 e. The minimum atomic E-state index is -0.469. The van der Waals surface area contributed by atoms with Gasteiger partial charge in [0, 0.05) is 39.3 Å². The van der Waals surface area contributed by atoms with Crippen LogP contribution in [0.25, 0.3) is 0 Å². The van der Waals surface area contributed by atoms with Gasteiger partial charge in [-0.3, -0.25) is 4.79 Å². The minimum absolute atomic E-state index is 0.135. The van der Waals surface area contributed by atoms with Gasteiger partial charge in [-0.15, -0.1) is 10.2 Å². The number of carbonyl (C=O) groups is 1. The van der Waals surface area contributed by atoms with Gasteiger partial charge in [-0.1, -0.05) is 12.1 Å². The lowest BCUT2D eigenvalue weighted by Gasteiger charge is -2.35. The normalized spacial score (nSPS) is 17.7. The summed E-state index contributed by atoms with van der Waals surface area (Å²) in [6.07, 6.45) is 2.42. The Hall–Kier alpha value is -2.70. The Balaban J connectivity index is 1.37. The van der Waals surface area contributed by atoms with E-state index in [2.05, 4.69) is 20.0 Å². The predicted molar refractivity (Wildman–Crippen MR) is 98.0 cm³/mol. The summed E-state index contributed by atoms with van der Waals surface area (Å²) in [5.41, 5.74) is 0.135. The predicted octanol–water partition coefficient (Wildman–Crippen LogP) is 2.18. The van der Waals surface area contributed by atoms with Crippen LogP contribution in [-0.2, 0) is 0 Å². The molecule has 2 aromatic rings. The van der Waals surface area contributed by atoms with Crippen LogP contribution in [0.1, 0.15) is 23.2 Å². The van der Waals surface area contributed by atoms with Crippen LogP contribution < -0.4 is 9.80 Å². The smallest absolute Gasteiger partial charge is 0.256 e. The van der Waals surface area contributed by atoms with Gasteiger partial charge in [0.25, 0.3) is 5.91 Å². The molecule has 7 heteroatoms. The third kappa shape index (κ3) is 3.34. The van der Waals surface area contributed by atoms with E-state index in [1.165, 1.54) is 25.0 Å². The SMILES string of the molecule is O=C(c1ccccc1F)N1CCN(c2ccc(N3CCCC3)nn2)CC1. The third-order valence-electron chi connectivity index (χ3n) is 5.06. The zero-order valence-electron chi connectivity index (χ0n) is 14.6. The van der Waals surface area contributed by atoms with E-state index in [0.717, 1.165) is 24.7 Å². The van der Waals surface area contributed by atoms with Crippen LogP contribution in [0, 0.1) is 5.82 Å². The molecule has 2 fully saturated rings. The second kappa shape index (κ2) is 7.27. The van der Waals surface area contributed by atoms with Gasteiger partial charge in [0.2, 0.25) is 0 Å². The average molecular weight is 355 g/mol. The second-order valence-electron chi connectivity index (χ2n) is 6.70. The van der Waals surface area contributed by atoms with Gasteiger partial charge in [0.05, 0.1) is 5.56 Å². The summed E-state index contributed by atoms with van der Waals surface area (Å²) >= 11 is 0. The summed E-state index contributed by atoms with van der Waals surface area (Å²) in [4.78, 5) is 18.6. The highest BCUT2D eigenvalue weighted by atomic mass is 19.1. The molecular formula is C19H22FN5O. The van der Waals surface area contributed by atoms with E-state index in [9.17, 15) is 9.18 Å². The van der Waals surface area contributed by atoms with Crippen LogP contribution in [0.4, 0.5) is 16.0 Å². The molecule has 2 saturated heterocycles. The first kappa shape index (κ1) is 16.8. The monoisotopic (exact) mass is 355 g/mol. The van der Waals surface area contributed by atoms with Crippen molar-refractivity contribution in [3.8, 4) is 0 Å². The Kier molecular flexibility index (Phi) is 4.69. The highest BCUT2D eigenvalue weighted by molar-refractivity contribution is 5.94. The van der Waals surface area contributed by atoms with Gasteiger partial charge in [-0.25, -0.2) is 4.39 Å². The lowest BCUT2D eigenvalue weighted by molar-refractivity contribution is 0.0742. The molecule has 0 bridgehead atoms. The molecule has 0 unspecified atom stereocenters. The number of halogens is 1. The largest absolute Gasteiger partial charge is 0.355 e. The average Bonchev–Trinajstić information content (AvgIpc) is 3.23. The molecule has 1 amide bonds. The molecule has 1 aromatic heterocycles. The summed E-state index contributed by atoms with van der Waals surface area (Å²) in [5.74, 6) is 1.03. The van der Waals surface area contributed by atoms with E-state index in [-0.39, 0.29) is 11.5 Å². The molecule has 6 nitrogen and oxygen atoms in total. The molecule has 0 spiro atoms. The maximum absolute atomic E-state index is 13.8. The quantitative estimate of drug-likeness (QED) is 0.845. The van der Waals surface area contributed by atoms with E-state index in [4.69, 9.17) is 0 Å². The van der Waals surface area contributed by atoms with Crippen LogP contribution in [0.3, 0.4) is 0 Å². The van der Waals surface area contributed by atoms with Crippen LogP contribution in [0.15, 0.2) is 36.4 Å². The maximum Gasteiger partial charge on any atom is 0.256 e. The molecule has 26 heavy (non-hydrogen) atoms. The molecule has 2 aliphatic rings. The Bertz CT molecular complexity index is 768. The number of amides is 1. The van der Waals surface area contributed by atoms with Crippen molar-refractivity contribution >= 4 is 17.5 Å². The van der Waals surface area contributed by atoms with Crippen LogP contribution in [0.5, 0.6) is 0 Å². The van der Waals surface area contributed by atoms with Crippen LogP contribution in [0.2, 0.25) is 0 Å². The van der Waals surface area contributed by atoms with E-state index in [1.54, 1.807) is 17.0 Å². The molecule has 1 aromatic carbocycles. The lowest BCUT2D eigenvalue weighted by Crippen LogP contribution is -2.49. The van der Waals surface area contributed by atoms with E-state index >= 15 is 0 Å². The standard InChI is InChI=1S/C19H22FN5O/c20-16-6-2-1-5-15(16)19(26)25-13-11-24(12-14-25)18-8-7-17(21-22-18)23-9-3-4-10-23/h1-2,5-8H,3-4,9-14H2. The van der Waals surface area contributed by atoms with E-state index < -0.39 is 5.82 Å². The van der Waals surface area contributed by atoms with E-state index in [0.29, 0.717) is 26.2 Å². The Morgan fingerprint density at radius 2 is 1.38 bits per heavy atom. The van der Waals surface area contributed by atoms with Crippen molar-refractivity contribution in [2.45, 2.75) is 12.8 Å². The van der Waals surface area contributed by atoms with Gasteiger partial charge >= 0.3 is 0 Å². The number of nitrogens with zero attached hydrogens (tertiary/aromatic N) is 5. The number of aromatic nitrogens is 2. The fraction of sp³-hybridized carbons (Fsp3) is 0.421. The fourth-order valence-electron chi connectivity index (χ4n) is 3.55. The van der Waals surface area contributed by atoms with Crippen molar-refractivity contribution in [2.75, 3.05) is 49.1 Å². The highest BCUT2D eigenvalue weighted by Crippen LogP contribution is 2.20. The Labute approximate surface area is 152 Å². The second-order valence-corrected chi connectivity index (χ2v) is 6.70. The number of rotatable bonds is 3. The van der Waals surface area contributed by atoms with Crippen molar-refractivity contribution in [1.29, 1.82) is 0 Å². The van der Waals surface area contributed by atoms with Crippen LogP contribution >= 0.6 is 0 Å². The number of piperazine rings is 1. The molecule has 2 aliphatic heterocycles. The molecule has 136 valence electrons. The topological polar surface area (TPSA) is 52.6 Å². The van der Waals surface area contributed by atoms with Gasteiger partial charge in [0.15, 0.2) is 11.6 Å². The molecular weight excluding hydrogens is 333 g/mol. The summed E-state index contributed by atoms with van der Waals surface area (Å²) in [5, 5.41) is 8.71. The maximum atomic E-state index is 13.8. The summed E-state index contributed by atoms with van der Waals surface area (Å²) < 4.78 is 13.8. The lowest BCUT2D eigenvalue weighted by atomic mass is 10.1. The van der Waals surface area contributed by atoms with Crippen LogP contribution in [-0.4, -0.2) is 60.3 Å². The molecule has 0 aliphatic carbocycles. The van der Waals surface area contributed by atoms with Gasteiger partial charge < -0.3 is 14.7 Å². The van der Waals surface area contributed by atoms with Gasteiger partial charge in [-0.2, -0.15) is 0 Å². The number of hydrogen-bond acceptors (Lipinski definition) is 5. The summed E-state index contributed by atoms with van der Waals surface area (Å²) in [6.45, 7) is 4.51. The molecule has 4 rings (SSSR count). The Morgan fingerprint density at radius 1 is 0.808 bits per heavy atom. The first-order valence-corrected chi connectivity index (χ1v) is 9.10. The van der Waals surface area contributed by atoms with Crippen molar-refractivity contribution in [3.63, 3.8) is 0 Å². The number of hydrogen-bond donors (Lipinski definition) is 0. The van der Waals surface area contributed by atoms with Crippen molar-refractivity contribution < 1.29 is 9.18 Å². The summed E-state index contributed by atoms with van der Waals surface area (Å²) in [7, 11) is 0. The molecule has 0 atom stereocenters. The first-order chi connectivity index (χ1) is 12.7. The van der Waals surface area contributed by atoms with Crippen molar-refractivity contribution in [3.05, 3.63) is 47.8 Å². The zero-order chi connectivity index (χ0) is 17.9. The number of anilines is 2. The summed E-state index contributed by atoms with van der Waals surface area (Å²) in [6, 6.07) is 10.1. The molecule has 0 N–H and O–H groups in total. The molecule has 0 saturated carbocycles. The Morgan fingerprint density at radius 3 is 1.96 bits per heavy atom. The van der Waals surface area contributed by atoms with Crippen molar-refractivity contribution in [2.24, 2.45) is 0 Å². The van der Waals surface area contributed by atoms with E-state index in [1.807, 2.05) is 12.1 Å². The molecule has 3 heterocycles. The fourth-order valence-corrected chi connectivity index (χ4v) is 3.55. The van der Waals surface area contributed by atoms with Gasteiger partial charge in [0.1, 0.15) is 5.82 Å². The zero-order valence-corrected chi connectivity index (χ0v) is 14.6. The third-order valence-corrected chi connectivity index (χ3v) is 5.06. The number of carbonyl (C=O) groups excluding carboxylic acids is 1. The molecule has 0 radical (unpaired) electrons. The first-order valence-electron chi connectivity index (χ1n) is 9.10. The highest BCUT2D eigenvalue weighted by Gasteiger charge is 2.25.